The van der Waals surface area contributed by atoms with Crippen LogP contribution in [0.3, 0.4) is 0 Å². The van der Waals surface area contributed by atoms with Crippen LogP contribution in [0.1, 0.15) is 45.2 Å². The van der Waals surface area contributed by atoms with Gasteiger partial charge in [-0.05, 0) is 51.3 Å². The van der Waals surface area contributed by atoms with Gasteiger partial charge in [0, 0.05) is 11.3 Å². The average Bonchev–Trinajstić information content (AvgIpc) is 2.45. The molecule has 0 aromatic heterocycles. The lowest BCUT2D eigenvalue weighted by Gasteiger charge is -2.09. The summed E-state index contributed by atoms with van der Waals surface area (Å²) in [6.07, 6.45) is 5.07. The average molecular weight is 267 g/mol. The number of rotatable bonds is 5. The van der Waals surface area contributed by atoms with Gasteiger partial charge in [-0.15, -0.1) is 0 Å². The lowest BCUT2D eigenvalue weighted by atomic mass is 10.0. The molecular formula is C19H25N. The van der Waals surface area contributed by atoms with Crippen LogP contribution in [0.5, 0.6) is 0 Å². The van der Waals surface area contributed by atoms with Gasteiger partial charge in [-0.1, -0.05) is 49.4 Å². The minimum absolute atomic E-state index is 1.01. The normalized spacial score (nSPS) is 14.1. The summed E-state index contributed by atoms with van der Waals surface area (Å²) in [6, 6.07) is 8.38. The van der Waals surface area contributed by atoms with Crippen molar-refractivity contribution in [2.75, 3.05) is 0 Å². The number of aliphatic imine (C=N–C) groups is 1. The number of aryl methyl sites for hydroxylation is 1. The fourth-order valence-corrected chi connectivity index (χ4v) is 1.78. The summed E-state index contributed by atoms with van der Waals surface area (Å²) < 4.78 is 0. The van der Waals surface area contributed by atoms with E-state index >= 15 is 0 Å². The van der Waals surface area contributed by atoms with E-state index in [1.807, 2.05) is 19.9 Å². The van der Waals surface area contributed by atoms with Gasteiger partial charge >= 0.3 is 0 Å². The van der Waals surface area contributed by atoms with E-state index in [1.54, 1.807) is 0 Å². The van der Waals surface area contributed by atoms with Gasteiger partial charge in [-0.2, -0.15) is 0 Å². The Hall–Kier alpha value is -1.89. The van der Waals surface area contributed by atoms with Crippen molar-refractivity contribution >= 4 is 5.71 Å². The van der Waals surface area contributed by atoms with E-state index in [2.05, 4.69) is 57.7 Å². The van der Waals surface area contributed by atoms with E-state index < -0.39 is 0 Å². The van der Waals surface area contributed by atoms with Crippen LogP contribution in [0.15, 0.2) is 64.8 Å². The van der Waals surface area contributed by atoms with Crippen LogP contribution < -0.4 is 0 Å². The Kier molecular flexibility index (Phi) is 6.17. The van der Waals surface area contributed by atoms with Gasteiger partial charge in [0.05, 0.1) is 5.71 Å². The summed E-state index contributed by atoms with van der Waals surface area (Å²) in [5, 5.41) is 0. The Labute approximate surface area is 123 Å². The Bertz CT molecular complexity index is 571. The molecular weight excluding hydrogens is 242 g/mol. The van der Waals surface area contributed by atoms with Crippen molar-refractivity contribution in [1.29, 1.82) is 0 Å². The molecule has 0 fully saturated rings. The van der Waals surface area contributed by atoms with Crippen molar-refractivity contribution in [3.05, 3.63) is 71.0 Å². The fraction of sp³-hybridized carbons (Fsp3) is 0.316. The zero-order valence-electron chi connectivity index (χ0n) is 13.3. The van der Waals surface area contributed by atoms with Crippen LogP contribution >= 0.6 is 0 Å². The Morgan fingerprint density at radius 1 is 1.20 bits per heavy atom. The molecule has 0 unspecified atom stereocenters. The van der Waals surface area contributed by atoms with Gasteiger partial charge in [0.2, 0.25) is 0 Å². The van der Waals surface area contributed by atoms with Crippen molar-refractivity contribution in [3.63, 3.8) is 0 Å². The molecule has 1 nitrogen and oxygen atoms in total. The first-order chi connectivity index (χ1) is 9.49. The molecule has 0 radical (unpaired) electrons. The summed E-state index contributed by atoms with van der Waals surface area (Å²) in [5.41, 5.74) is 6.92. The van der Waals surface area contributed by atoms with Crippen LogP contribution in [0.4, 0.5) is 0 Å². The first-order valence-electron chi connectivity index (χ1n) is 7.11. The predicted octanol–water partition coefficient (Wildman–Crippen LogP) is 5.62. The Morgan fingerprint density at radius 3 is 2.40 bits per heavy atom. The molecule has 0 bridgehead atoms. The Morgan fingerprint density at radius 2 is 1.85 bits per heavy atom. The highest BCUT2D eigenvalue weighted by Crippen LogP contribution is 2.15. The third-order valence-electron chi connectivity index (χ3n) is 3.53. The minimum atomic E-state index is 1.01. The molecule has 0 saturated carbocycles. The van der Waals surface area contributed by atoms with Crippen molar-refractivity contribution in [3.8, 4) is 0 Å². The fourth-order valence-electron chi connectivity index (χ4n) is 1.78. The standard InChI is InChI=1S/C19H25N/c1-7-14(3)13-19(20-17(6)15(4)8-2)18-12-10-9-11-16(18)5/h8-13H,2,7H2,1,3-6H3/b14-13-,17-15+,20-19+. The van der Waals surface area contributed by atoms with Gasteiger partial charge in [-0.3, -0.25) is 4.99 Å². The van der Waals surface area contributed by atoms with Crippen LogP contribution in [-0.2, 0) is 0 Å². The van der Waals surface area contributed by atoms with E-state index in [1.165, 1.54) is 16.7 Å². The number of nitrogens with zero attached hydrogens (tertiary/aromatic N) is 1. The van der Waals surface area contributed by atoms with Gasteiger partial charge in [-0.25, -0.2) is 0 Å². The highest BCUT2D eigenvalue weighted by molar-refractivity contribution is 6.10. The van der Waals surface area contributed by atoms with Crippen LogP contribution in [0, 0.1) is 6.92 Å². The maximum absolute atomic E-state index is 4.81. The van der Waals surface area contributed by atoms with Crippen LogP contribution in [0.2, 0.25) is 0 Å². The van der Waals surface area contributed by atoms with Crippen LogP contribution in [0.25, 0.3) is 0 Å². The number of hydrogen-bond donors (Lipinski definition) is 0. The second-order valence-electron chi connectivity index (χ2n) is 5.13. The van der Waals surface area contributed by atoms with E-state index in [-0.39, 0.29) is 0 Å². The van der Waals surface area contributed by atoms with Gasteiger partial charge < -0.3 is 0 Å². The highest BCUT2D eigenvalue weighted by Gasteiger charge is 2.05. The van der Waals surface area contributed by atoms with E-state index in [0.29, 0.717) is 0 Å². The molecule has 0 aliphatic carbocycles. The highest BCUT2D eigenvalue weighted by atomic mass is 14.8. The molecule has 0 aliphatic heterocycles. The SMILES string of the molecule is C=C/C(C)=C(C)/N=C(\C=C(\C)CC)c1ccccc1C. The molecule has 1 aromatic carbocycles. The smallest absolute Gasteiger partial charge is 0.0707 e. The second-order valence-corrected chi connectivity index (χ2v) is 5.13. The molecule has 20 heavy (non-hydrogen) atoms. The Balaban J connectivity index is 3.42. The molecule has 0 spiro atoms. The van der Waals surface area contributed by atoms with E-state index in [9.17, 15) is 0 Å². The molecule has 1 heteroatoms. The summed E-state index contributed by atoms with van der Waals surface area (Å²) in [7, 11) is 0. The minimum Gasteiger partial charge on any atom is -0.253 e. The van der Waals surface area contributed by atoms with Crippen molar-refractivity contribution in [2.45, 2.75) is 41.0 Å². The van der Waals surface area contributed by atoms with Gasteiger partial charge in [0.25, 0.3) is 0 Å². The first kappa shape index (κ1) is 16.2. The van der Waals surface area contributed by atoms with Gasteiger partial charge in [0.15, 0.2) is 0 Å². The third-order valence-corrected chi connectivity index (χ3v) is 3.53. The van der Waals surface area contributed by atoms with Crippen molar-refractivity contribution < 1.29 is 0 Å². The quantitative estimate of drug-likeness (QED) is 0.485. The molecule has 0 heterocycles. The molecule has 1 rings (SSSR count). The third kappa shape index (κ3) is 4.34. The maximum Gasteiger partial charge on any atom is 0.0707 e. The predicted molar refractivity (Wildman–Crippen MR) is 90.3 cm³/mol. The summed E-state index contributed by atoms with van der Waals surface area (Å²) in [4.78, 5) is 4.81. The van der Waals surface area contributed by atoms with E-state index in [0.717, 1.165) is 23.4 Å². The summed E-state index contributed by atoms with van der Waals surface area (Å²) in [5.74, 6) is 0. The molecule has 0 atom stereocenters. The number of benzene rings is 1. The summed E-state index contributed by atoms with van der Waals surface area (Å²) >= 11 is 0. The monoisotopic (exact) mass is 267 g/mol. The van der Waals surface area contributed by atoms with Crippen LogP contribution in [-0.4, -0.2) is 5.71 Å². The lowest BCUT2D eigenvalue weighted by molar-refractivity contribution is 1.10. The maximum atomic E-state index is 4.81. The molecule has 1 aromatic rings. The van der Waals surface area contributed by atoms with E-state index in [4.69, 9.17) is 4.99 Å². The topological polar surface area (TPSA) is 12.4 Å². The van der Waals surface area contributed by atoms with Crippen molar-refractivity contribution in [2.24, 2.45) is 4.99 Å². The molecule has 0 saturated heterocycles. The largest absolute Gasteiger partial charge is 0.253 e. The molecule has 106 valence electrons. The molecule has 0 N–H and O–H groups in total. The molecule has 0 amide bonds. The summed E-state index contributed by atoms with van der Waals surface area (Å²) in [6.45, 7) is 14.3. The zero-order chi connectivity index (χ0) is 15.1. The second kappa shape index (κ2) is 7.64. The lowest BCUT2D eigenvalue weighted by Crippen LogP contribution is -2.01. The van der Waals surface area contributed by atoms with Crippen molar-refractivity contribution in [1.82, 2.24) is 0 Å². The first-order valence-corrected chi connectivity index (χ1v) is 7.11. The number of allylic oxidation sites excluding steroid dienone is 5. The van der Waals surface area contributed by atoms with Gasteiger partial charge in [0.1, 0.15) is 0 Å². The number of hydrogen-bond acceptors (Lipinski definition) is 1. The molecule has 0 aliphatic rings. The zero-order valence-corrected chi connectivity index (χ0v) is 13.3.